The summed E-state index contributed by atoms with van der Waals surface area (Å²) in [4.78, 5) is 6.14. The highest BCUT2D eigenvalue weighted by Gasteiger charge is 2.23. The number of hydrogen-bond acceptors (Lipinski definition) is 4. The van der Waals surface area contributed by atoms with Crippen LogP contribution in [0.25, 0.3) is 0 Å². The Balaban J connectivity index is 2.25. The fourth-order valence-electron chi connectivity index (χ4n) is 2.62. The van der Waals surface area contributed by atoms with E-state index in [-0.39, 0.29) is 16.9 Å². The lowest BCUT2D eigenvalue weighted by molar-refractivity contribution is 0.0812. The van der Waals surface area contributed by atoms with E-state index in [1.807, 2.05) is 43.0 Å². The fraction of sp³-hybridized carbons (Fsp3) is 0.421. The second-order valence-electron chi connectivity index (χ2n) is 6.02. The van der Waals surface area contributed by atoms with Crippen molar-refractivity contribution in [2.75, 3.05) is 13.7 Å². The van der Waals surface area contributed by atoms with Gasteiger partial charge in [0.1, 0.15) is 16.7 Å². The van der Waals surface area contributed by atoms with Crippen molar-refractivity contribution in [2.24, 2.45) is 0 Å². The summed E-state index contributed by atoms with van der Waals surface area (Å²) in [6.07, 6.45) is 0.125. The average molecular weight is 367 g/mol. The van der Waals surface area contributed by atoms with E-state index in [0.717, 1.165) is 11.3 Å². The molecule has 2 rings (SSSR count). The van der Waals surface area contributed by atoms with Crippen LogP contribution in [0, 0.1) is 5.82 Å². The normalized spacial score (nSPS) is 13.7. The molecule has 2 aromatic rings. The molecule has 0 aliphatic rings. The zero-order chi connectivity index (χ0) is 18.4. The largest absolute Gasteiger partial charge is 0.497 e. The molecule has 0 saturated heterocycles. The zero-order valence-corrected chi connectivity index (χ0v) is 15.5. The zero-order valence-electron chi connectivity index (χ0n) is 14.7. The van der Waals surface area contributed by atoms with E-state index >= 15 is 0 Å². The minimum absolute atomic E-state index is 0.253. The molecule has 6 heteroatoms. The summed E-state index contributed by atoms with van der Waals surface area (Å²) in [6, 6.07) is 10.1. The molecule has 1 heterocycles. The van der Waals surface area contributed by atoms with Gasteiger partial charge in [0, 0.05) is 13.1 Å². The molecule has 2 atom stereocenters. The number of rotatable bonds is 8. The summed E-state index contributed by atoms with van der Waals surface area (Å²) >= 11 is 5.93. The maximum atomic E-state index is 14.2. The Morgan fingerprint density at radius 2 is 1.92 bits per heavy atom. The van der Waals surface area contributed by atoms with Gasteiger partial charge in [0.2, 0.25) is 0 Å². The number of methoxy groups -OCH3 is 1. The molecule has 0 aliphatic heterocycles. The van der Waals surface area contributed by atoms with Gasteiger partial charge in [0.25, 0.3) is 0 Å². The van der Waals surface area contributed by atoms with Crippen LogP contribution < -0.4 is 4.74 Å². The van der Waals surface area contributed by atoms with E-state index in [4.69, 9.17) is 16.3 Å². The Kier molecular flexibility index (Phi) is 7.17. The van der Waals surface area contributed by atoms with Crippen LogP contribution in [0.3, 0.4) is 0 Å². The molecule has 0 bridgehead atoms. The smallest absolute Gasteiger partial charge is 0.146 e. The number of benzene rings is 1. The van der Waals surface area contributed by atoms with E-state index < -0.39 is 11.9 Å². The lowest BCUT2D eigenvalue weighted by Gasteiger charge is -2.30. The molecule has 0 fully saturated rings. The number of aliphatic hydroxyl groups is 1. The van der Waals surface area contributed by atoms with Gasteiger partial charge in [-0.1, -0.05) is 30.7 Å². The number of ether oxygens (including phenoxy) is 1. The molecule has 0 amide bonds. The maximum absolute atomic E-state index is 14.2. The van der Waals surface area contributed by atoms with Crippen LogP contribution >= 0.6 is 11.6 Å². The molecule has 136 valence electrons. The Bertz CT molecular complexity index is 682. The molecule has 0 radical (unpaired) electrons. The van der Waals surface area contributed by atoms with Gasteiger partial charge in [-0.15, -0.1) is 0 Å². The van der Waals surface area contributed by atoms with Crippen molar-refractivity contribution < 1.29 is 14.2 Å². The lowest BCUT2D eigenvalue weighted by Crippen LogP contribution is -2.34. The van der Waals surface area contributed by atoms with Gasteiger partial charge in [-0.3, -0.25) is 4.90 Å². The third-order valence-corrected chi connectivity index (χ3v) is 4.45. The summed E-state index contributed by atoms with van der Waals surface area (Å²) in [5, 5.41) is 10.4. The Labute approximate surface area is 153 Å². The highest BCUT2D eigenvalue weighted by molar-refractivity contribution is 6.29. The van der Waals surface area contributed by atoms with E-state index in [9.17, 15) is 9.50 Å². The third kappa shape index (κ3) is 5.39. The van der Waals surface area contributed by atoms with Crippen LogP contribution in [0.2, 0.25) is 5.15 Å². The third-order valence-electron chi connectivity index (χ3n) is 4.24. The number of pyridine rings is 1. The summed E-state index contributed by atoms with van der Waals surface area (Å²) in [5.74, 6) is 0.377. The first-order chi connectivity index (χ1) is 11.9. The summed E-state index contributed by atoms with van der Waals surface area (Å²) in [7, 11) is 1.62. The molecular formula is C19H24ClFN2O2. The predicted molar refractivity (Wildman–Crippen MR) is 97.3 cm³/mol. The molecule has 1 unspecified atom stereocenters. The van der Waals surface area contributed by atoms with Crippen LogP contribution in [0.15, 0.2) is 36.4 Å². The van der Waals surface area contributed by atoms with Crippen LogP contribution in [0.1, 0.15) is 37.6 Å². The van der Waals surface area contributed by atoms with Gasteiger partial charge in [-0.25, -0.2) is 9.37 Å². The fourth-order valence-corrected chi connectivity index (χ4v) is 2.78. The topological polar surface area (TPSA) is 45.6 Å². The number of aromatic nitrogens is 1. The predicted octanol–water partition coefficient (Wildman–Crippen LogP) is 4.22. The van der Waals surface area contributed by atoms with Crippen LogP contribution in [0.5, 0.6) is 5.75 Å². The Morgan fingerprint density at radius 1 is 1.24 bits per heavy atom. The molecular weight excluding hydrogens is 343 g/mol. The van der Waals surface area contributed by atoms with Crippen molar-refractivity contribution in [3.05, 3.63) is 58.6 Å². The summed E-state index contributed by atoms with van der Waals surface area (Å²) < 4.78 is 19.4. The molecule has 1 aromatic carbocycles. The van der Waals surface area contributed by atoms with E-state index in [1.54, 1.807) is 7.11 Å². The van der Waals surface area contributed by atoms with Gasteiger partial charge < -0.3 is 9.84 Å². The summed E-state index contributed by atoms with van der Waals surface area (Å²) in [5.41, 5.74) is 1.32. The lowest BCUT2D eigenvalue weighted by atomic mass is 10.1. The molecule has 0 saturated carbocycles. The van der Waals surface area contributed by atoms with Crippen LogP contribution in [0.4, 0.5) is 4.39 Å². The standard InChI is InChI=1S/C19H24ClFN2O2/c1-4-15(24)12-23(11-14-5-7-16(25-3)8-6-14)13(2)19-17(21)9-10-18(20)22-19/h5-10,13,15,24H,4,11-12H2,1-3H3/t13?,15-/m1/s1. The monoisotopic (exact) mass is 366 g/mol. The number of aliphatic hydroxyl groups excluding tert-OH is 1. The van der Waals surface area contributed by atoms with Crippen molar-refractivity contribution in [3.8, 4) is 5.75 Å². The van der Waals surface area contributed by atoms with Gasteiger partial charge >= 0.3 is 0 Å². The minimum atomic E-state index is -0.497. The summed E-state index contributed by atoms with van der Waals surface area (Å²) in [6.45, 7) is 4.75. The van der Waals surface area contributed by atoms with Crippen molar-refractivity contribution in [2.45, 2.75) is 39.0 Å². The Hall–Kier alpha value is -1.69. The SMILES string of the molecule is CC[C@@H](O)CN(Cc1ccc(OC)cc1)C(C)c1nc(Cl)ccc1F. The van der Waals surface area contributed by atoms with Gasteiger partial charge in [-0.2, -0.15) is 0 Å². The first-order valence-electron chi connectivity index (χ1n) is 8.31. The van der Waals surface area contributed by atoms with E-state index in [2.05, 4.69) is 4.98 Å². The molecule has 25 heavy (non-hydrogen) atoms. The molecule has 0 aliphatic carbocycles. The second-order valence-corrected chi connectivity index (χ2v) is 6.40. The molecule has 4 nitrogen and oxygen atoms in total. The van der Waals surface area contributed by atoms with Crippen molar-refractivity contribution >= 4 is 11.6 Å². The molecule has 1 aromatic heterocycles. The first-order valence-corrected chi connectivity index (χ1v) is 8.69. The number of hydrogen-bond donors (Lipinski definition) is 1. The number of halogens is 2. The van der Waals surface area contributed by atoms with Gasteiger partial charge in [0.05, 0.1) is 24.9 Å². The van der Waals surface area contributed by atoms with Gasteiger partial charge in [-0.05, 0) is 43.2 Å². The minimum Gasteiger partial charge on any atom is -0.497 e. The Morgan fingerprint density at radius 3 is 2.52 bits per heavy atom. The molecule has 1 N–H and O–H groups in total. The second kappa shape index (κ2) is 9.13. The van der Waals surface area contributed by atoms with E-state index in [0.29, 0.717) is 19.5 Å². The van der Waals surface area contributed by atoms with Crippen molar-refractivity contribution in [1.82, 2.24) is 9.88 Å². The highest BCUT2D eigenvalue weighted by Crippen LogP contribution is 2.25. The van der Waals surface area contributed by atoms with E-state index in [1.165, 1.54) is 12.1 Å². The quantitative estimate of drug-likeness (QED) is 0.710. The van der Waals surface area contributed by atoms with Crippen molar-refractivity contribution in [1.29, 1.82) is 0 Å². The van der Waals surface area contributed by atoms with Crippen LogP contribution in [-0.4, -0.2) is 34.7 Å². The molecule has 0 spiro atoms. The highest BCUT2D eigenvalue weighted by atomic mass is 35.5. The van der Waals surface area contributed by atoms with Gasteiger partial charge in [0.15, 0.2) is 0 Å². The average Bonchev–Trinajstić information content (AvgIpc) is 2.63. The van der Waals surface area contributed by atoms with Crippen molar-refractivity contribution in [3.63, 3.8) is 0 Å². The first kappa shape index (κ1) is 19.6. The number of nitrogens with zero attached hydrogens (tertiary/aromatic N) is 2. The van der Waals surface area contributed by atoms with Crippen LogP contribution in [-0.2, 0) is 6.54 Å². The maximum Gasteiger partial charge on any atom is 0.146 e.